The molecule has 0 radical (unpaired) electrons. The van der Waals surface area contributed by atoms with Crippen molar-refractivity contribution in [1.29, 1.82) is 0 Å². The van der Waals surface area contributed by atoms with Gasteiger partial charge in [-0.05, 0) is 44.6 Å². The molecular formula is C14H29NO. The van der Waals surface area contributed by atoms with Crippen molar-refractivity contribution in [3.05, 3.63) is 0 Å². The number of hydrogen-bond donors (Lipinski definition) is 1. The van der Waals surface area contributed by atoms with Crippen LogP contribution in [0.3, 0.4) is 0 Å². The minimum atomic E-state index is -0.0623. The van der Waals surface area contributed by atoms with Gasteiger partial charge in [0.2, 0.25) is 0 Å². The van der Waals surface area contributed by atoms with E-state index in [9.17, 15) is 5.11 Å². The van der Waals surface area contributed by atoms with Gasteiger partial charge in [-0.15, -0.1) is 0 Å². The van der Waals surface area contributed by atoms with Gasteiger partial charge < -0.3 is 10.0 Å². The minimum Gasteiger partial charge on any atom is -0.393 e. The predicted octanol–water partition coefficient (Wildman–Crippen LogP) is 2.90. The van der Waals surface area contributed by atoms with Gasteiger partial charge in [0.05, 0.1) is 6.10 Å². The summed E-state index contributed by atoms with van der Waals surface area (Å²) in [6.07, 6.45) is 5.73. The molecule has 0 saturated heterocycles. The van der Waals surface area contributed by atoms with Gasteiger partial charge in [0.1, 0.15) is 0 Å². The normalized spacial score (nSPS) is 31.3. The first-order chi connectivity index (χ1) is 7.54. The fraction of sp³-hybridized carbons (Fsp3) is 1.00. The fourth-order valence-electron chi connectivity index (χ4n) is 3.15. The van der Waals surface area contributed by atoms with Gasteiger partial charge in [-0.1, -0.05) is 27.2 Å². The largest absolute Gasteiger partial charge is 0.393 e. The molecule has 0 bridgehead atoms. The molecule has 3 unspecified atom stereocenters. The van der Waals surface area contributed by atoms with Crippen molar-refractivity contribution in [3.8, 4) is 0 Å². The average Bonchev–Trinajstić information content (AvgIpc) is 2.20. The van der Waals surface area contributed by atoms with E-state index in [2.05, 4.69) is 32.7 Å². The molecule has 2 nitrogen and oxygen atoms in total. The topological polar surface area (TPSA) is 23.5 Å². The highest BCUT2D eigenvalue weighted by Crippen LogP contribution is 2.31. The van der Waals surface area contributed by atoms with Crippen LogP contribution in [0, 0.1) is 11.8 Å². The fourth-order valence-corrected chi connectivity index (χ4v) is 3.15. The van der Waals surface area contributed by atoms with Crippen LogP contribution in [0.5, 0.6) is 0 Å². The average molecular weight is 227 g/mol. The molecule has 0 aromatic heterocycles. The van der Waals surface area contributed by atoms with E-state index in [4.69, 9.17) is 0 Å². The summed E-state index contributed by atoms with van der Waals surface area (Å²) >= 11 is 0. The van der Waals surface area contributed by atoms with E-state index in [1.807, 2.05) is 0 Å². The molecule has 0 amide bonds. The predicted molar refractivity (Wildman–Crippen MR) is 69.5 cm³/mol. The molecule has 0 heterocycles. The van der Waals surface area contributed by atoms with E-state index in [1.54, 1.807) is 0 Å². The lowest BCUT2D eigenvalue weighted by Gasteiger charge is -2.40. The molecule has 1 aliphatic rings. The Morgan fingerprint density at radius 3 is 2.56 bits per heavy atom. The lowest BCUT2D eigenvalue weighted by Crippen LogP contribution is -2.45. The second kappa shape index (κ2) is 6.61. The van der Waals surface area contributed by atoms with Crippen LogP contribution in [0.4, 0.5) is 0 Å². The van der Waals surface area contributed by atoms with E-state index in [-0.39, 0.29) is 6.10 Å². The lowest BCUT2D eigenvalue weighted by molar-refractivity contribution is 0.0306. The number of hydrogen-bond acceptors (Lipinski definition) is 2. The zero-order chi connectivity index (χ0) is 12.1. The standard InChI is InChI=1S/C14H29NO/c1-5-6-12-7-8-13(16)9-14(12)15(4)10-11(2)3/h11-14,16H,5-10H2,1-4H3. The third-order valence-corrected chi connectivity index (χ3v) is 3.81. The van der Waals surface area contributed by atoms with Crippen LogP contribution in [0.15, 0.2) is 0 Å². The maximum absolute atomic E-state index is 9.82. The lowest BCUT2D eigenvalue weighted by atomic mass is 9.79. The van der Waals surface area contributed by atoms with Gasteiger partial charge >= 0.3 is 0 Å². The van der Waals surface area contributed by atoms with Gasteiger partial charge in [0.15, 0.2) is 0 Å². The summed E-state index contributed by atoms with van der Waals surface area (Å²) < 4.78 is 0. The molecule has 0 aliphatic heterocycles. The molecule has 0 aromatic rings. The van der Waals surface area contributed by atoms with Gasteiger partial charge in [0, 0.05) is 12.6 Å². The van der Waals surface area contributed by atoms with Crippen molar-refractivity contribution in [1.82, 2.24) is 4.90 Å². The van der Waals surface area contributed by atoms with Gasteiger partial charge in [-0.2, -0.15) is 0 Å². The van der Waals surface area contributed by atoms with E-state index in [0.717, 1.165) is 25.3 Å². The van der Waals surface area contributed by atoms with Crippen molar-refractivity contribution >= 4 is 0 Å². The first-order valence-electron chi connectivity index (χ1n) is 6.92. The highest BCUT2D eigenvalue weighted by molar-refractivity contribution is 4.85. The van der Waals surface area contributed by atoms with Gasteiger partial charge in [-0.3, -0.25) is 0 Å². The molecule has 2 heteroatoms. The maximum Gasteiger partial charge on any atom is 0.0555 e. The zero-order valence-corrected chi connectivity index (χ0v) is 11.4. The van der Waals surface area contributed by atoms with Crippen LogP contribution in [-0.2, 0) is 0 Å². The summed E-state index contributed by atoms with van der Waals surface area (Å²) in [5.41, 5.74) is 0. The smallest absolute Gasteiger partial charge is 0.0555 e. The highest BCUT2D eigenvalue weighted by Gasteiger charge is 2.31. The van der Waals surface area contributed by atoms with Crippen molar-refractivity contribution < 1.29 is 5.11 Å². The van der Waals surface area contributed by atoms with Crippen LogP contribution in [0.25, 0.3) is 0 Å². The summed E-state index contributed by atoms with van der Waals surface area (Å²) in [7, 11) is 2.23. The molecule has 1 N–H and O–H groups in total. The number of rotatable bonds is 5. The van der Waals surface area contributed by atoms with Crippen molar-refractivity contribution in [2.24, 2.45) is 11.8 Å². The van der Waals surface area contributed by atoms with Crippen molar-refractivity contribution in [2.45, 2.75) is 65.0 Å². The Labute approximate surface area is 101 Å². The Morgan fingerprint density at radius 1 is 1.31 bits per heavy atom. The summed E-state index contributed by atoms with van der Waals surface area (Å²) in [6.45, 7) is 7.96. The van der Waals surface area contributed by atoms with Gasteiger partial charge in [-0.25, -0.2) is 0 Å². The summed E-state index contributed by atoms with van der Waals surface area (Å²) in [4.78, 5) is 2.48. The second-order valence-corrected chi connectivity index (χ2v) is 5.92. The maximum atomic E-state index is 9.82. The van der Waals surface area contributed by atoms with Crippen LogP contribution in [-0.4, -0.2) is 35.7 Å². The van der Waals surface area contributed by atoms with E-state index in [0.29, 0.717) is 12.0 Å². The zero-order valence-electron chi connectivity index (χ0n) is 11.4. The molecule has 1 rings (SSSR count). The molecule has 16 heavy (non-hydrogen) atoms. The summed E-state index contributed by atoms with van der Waals surface area (Å²) in [5, 5.41) is 9.82. The van der Waals surface area contributed by atoms with Gasteiger partial charge in [0.25, 0.3) is 0 Å². The Bertz CT molecular complexity index is 193. The molecule has 96 valence electrons. The second-order valence-electron chi connectivity index (χ2n) is 5.92. The van der Waals surface area contributed by atoms with Crippen LogP contribution in [0.2, 0.25) is 0 Å². The van der Waals surface area contributed by atoms with Crippen LogP contribution in [0.1, 0.15) is 52.9 Å². The van der Waals surface area contributed by atoms with E-state index < -0.39 is 0 Å². The highest BCUT2D eigenvalue weighted by atomic mass is 16.3. The Balaban J connectivity index is 2.55. The first-order valence-corrected chi connectivity index (χ1v) is 6.92. The third-order valence-electron chi connectivity index (χ3n) is 3.81. The molecule has 1 fully saturated rings. The molecule has 3 atom stereocenters. The molecule has 0 aromatic carbocycles. The Morgan fingerprint density at radius 2 is 2.00 bits per heavy atom. The third kappa shape index (κ3) is 4.06. The van der Waals surface area contributed by atoms with E-state index in [1.165, 1.54) is 19.3 Å². The molecule has 1 saturated carbocycles. The SMILES string of the molecule is CCCC1CCC(O)CC1N(C)CC(C)C. The number of aliphatic hydroxyl groups excluding tert-OH is 1. The van der Waals surface area contributed by atoms with Crippen molar-refractivity contribution in [3.63, 3.8) is 0 Å². The Kier molecular flexibility index (Phi) is 5.77. The number of aliphatic hydroxyl groups is 1. The monoisotopic (exact) mass is 227 g/mol. The number of nitrogens with zero attached hydrogens (tertiary/aromatic N) is 1. The van der Waals surface area contributed by atoms with Crippen LogP contribution >= 0.6 is 0 Å². The summed E-state index contributed by atoms with van der Waals surface area (Å²) in [6, 6.07) is 0.603. The minimum absolute atomic E-state index is 0.0623. The molecular weight excluding hydrogens is 198 g/mol. The Hall–Kier alpha value is -0.0800. The first kappa shape index (κ1) is 14.0. The van der Waals surface area contributed by atoms with E-state index >= 15 is 0 Å². The molecule has 1 aliphatic carbocycles. The quantitative estimate of drug-likeness (QED) is 0.780. The van der Waals surface area contributed by atoms with Crippen molar-refractivity contribution in [2.75, 3.05) is 13.6 Å². The molecule has 0 spiro atoms. The van der Waals surface area contributed by atoms with Crippen LogP contribution < -0.4 is 0 Å². The summed E-state index contributed by atoms with van der Waals surface area (Å²) in [5.74, 6) is 1.52.